The van der Waals surface area contributed by atoms with Crippen LogP contribution in [-0.4, -0.2) is 9.97 Å². The maximum Gasteiger partial charge on any atom is 0.253 e. The standard InChI is InChI=1S/C18H14ClFN4O/c1-9-11(8-21)3-4-16(22-9)23-10(2)14-6-12-5-13(19)7-15(20)17(12)24-18(14)25/h3-7,10H,1-2H3,(H,22,23)(H,24,25). The minimum atomic E-state index is -0.573. The molecule has 1 atom stereocenters. The molecular formula is C18H14ClFN4O. The van der Waals surface area contributed by atoms with E-state index in [4.69, 9.17) is 16.9 Å². The first-order valence-corrected chi connectivity index (χ1v) is 7.93. The van der Waals surface area contributed by atoms with Crippen molar-refractivity contribution in [3.8, 4) is 6.07 Å². The van der Waals surface area contributed by atoms with Crippen LogP contribution in [0, 0.1) is 24.1 Å². The van der Waals surface area contributed by atoms with Gasteiger partial charge in [-0.1, -0.05) is 11.6 Å². The summed E-state index contributed by atoms with van der Waals surface area (Å²) in [5.74, 6) is -0.0306. The van der Waals surface area contributed by atoms with Gasteiger partial charge in [-0.3, -0.25) is 4.79 Å². The molecule has 0 saturated heterocycles. The fourth-order valence-electron chi connectivity index (χ4n) is 2.64. The van der Waals surface area contributed by atoms with Crippen molar-refractivity contribution < 1.29 is 4.39 Å². The molecule has 0 amide bonds. The Morgan fingerprint density at radius 3 is 2.80 bits per heavy atom. The molecule has 25 heavy (non-hydrogen) atoms. The van der Waals surface area contributed by atoms with Gasteiger partial charge in [-0.2, -0.15) is 5.26 Å². The lowest BCUT2D eigenvalue weighted by Crippen LogP contribution is -2.20. The van der Waals surface area contributed by atoms with Gasteiger partial charge >= 0.3 is 0 Å². The van der Waals surface area contributed by atoms with Crippen LogP contribution in [0.1, 0.15) is 29.8 Å². The monoisotopic (exact) mass is 356 g/mol. The van der Waals surface area contributed by atoms with Crippen molar-refractivity contribution in [2.24, 2.45) is 0 Å². The van der Waals surface area contributed by atoms with E-state index in [-0.39, 0.29) is 22.1 Å². The van der Waals surface area contributed by atoms with E-state index in [0.29, 0.717) is 28.0 Å². The average molecular weight is 357 g/mol. The smallest absolute Gasteiger partial charge is 0.253 e. The number of H-pyrrole nitrogens is 1. The van der Waals surface area contributed by atoms with Gasteiger partial charge < -0.3 is 10.3 Å². The van der Waals surface area contributed by atoms with Crippen molar-refractivity contribution in [1.82, 2.24) is 9.97 Å². The number of nitriles is 1. The molecule has 0 bridgehead atoms. The molecule has 0 aliphatic heterocycles. The van der Waals surface area contributed by atoms with E-state index in [1.54, 1.807) is 38.1 Å². The molecule has 3 rings (SSSR count). The van der Waals surface area contributed by atoms with Crippen molar-refractivity contribution in [2.45, 2.75) is 19.9 Å². The number of aromatic nitrogens is 2. The highest BCUT2D eigenvalue weighted by molar-refractivity contribution is 6.31. The van der Waals surface area contributed by atoms with Crippen molar-refractivity contribution in [2.75, 3.05) is 5.32 Å². The van der Waals surface area contributed by atoms with Gasteiger partial charge in [0.2, 0.25) is 0 Å². The van der Waals surface area contributed by atoms with Gasteiger partial charge in [0, 0.05) is 16.0 Å². The van der Waals surface area contributed by atoms with E-state index in [1.165, 1.54) is 0 Å². The highest BCUT2D eigenvalue weighted by Crippen LogP contribution is 2.24. The maximum atomic E-state index is 13.9. The first-order valence-electron chi connectivity index (χ1n) is 7.55. The normalized spacial score (nSPS) is 12.0. The second-order valence-corrected chi connectivity index (χ2v) is 6.15. The minimum Gasteiger partial charge on any atom is -0.363 e. The second-order valence-electron chi connectivity index (χ2n) is 5.71. The van der Waals surface area contributed by atoms with Crippen LogP contribution in [0.25, 0.3) is 10.9 Å². The number of aromatic amines is 1. The minimum absolute atomic E-state index is 0.123. The first-order chi connectivity index (χ1) is 11.9. The van der Waals surface area contributed by atoms with Gasteiger partial charge in [-0.25, -0.2) is 9.37 Å². The van der Waals surface area contributed by atoms with Gasteiger partial charge in [-0.05, 0) is 44.2 Å². The van der Waals surface area contributed by atoms with E-state index in [9.17, 15) is 9.18 Å². The Balaban J connectivity index is 1.98. The molecule has 2 N–H and O–H groups in total. The molecule has 3 aromatic rings. The summed E-state index contributed by atoms with van der Waals surface area (Å²) in [5, 5.41) is 12.8. The van der Waals surface area contributed by atoms with Gasteiger partial charge in [0.15, 0.2) is 0 Å². The maximum absolute atomic E-state index is 13.9. The van der Waals surface area contributed by atoms with E-state index >= 15 is 0 Å². The number of halogens is 2. The number of rotatable bonds is 3. The summed E-state index contributed by atoms with van der Waals surface area (Å²) in [5.41, 5.74) is 1.25. The zero-order chi connectivity index (χ0) is 18.1. The number of anilines is 1. The van der Waals surface area contributed by atoms with E-state index in [1.807, 2.05) is 0 Å². The third-order valence-electron chi connectivity index (χ3n) is 3.93. The summed E-state index contributed by atoms with van der Waals surface area (Å²) in [7, 11) is 0. The number of nitrogens with one attached hydrogen (secondary N) is 2. The number of pyridine rings is 2. The molecule has 7 heteroatoms. The van der Waals surface area contributed by atoms with Crippen LogP contribution in [-0.2, 0) is 0 Å². The zero-order valence-electron chi connectivity index (χ0n) is 13.5. The molecule has 1 aromatic carbocycles. The third kappa shape index (κ3) is 3.32. The van der Waals surface area contributed by atoms with Crippen molar-refractivity contribution in [3.63, 3.8) is 0 Å². The van der Waals surface area contributed by atoms with Gasteiger partial charge in [0.25, 0.3) is 5.56 Å². The molecule has 5 nitrogen and oxygen atoms in total. The predicted octanol–water partition coefficient (Wildman–Crippen LogP) is 4.07. The van der Waals surface area contributed by atoms with Crippen LogP contribution in [0.3, 0.4) is 0 Å². The van der Waals surface area contributed by atoms with Crippen molar-refractivity contribution in [1.29, 1.82) is 5.26 Å². The van der Waals surface area contributed by atoms with Gasteiger partial charge in [0.1, 0.15) is 17.7 Å². The van der Waals surface area contributed by atoms with Gasteiger partial charge in [-0.15, -0.1) is 0 Å². The largest absolute Gasteiger partial charge is 0.363 e. The second kappa shape index (κ2) is 6.54. The number of benzene rings is 1. The Morgan fingerprint density at radius 1 is 1.36 bits per heavy atom. The summed E-state index contributed by atoms with van der Waals surface area (Å²) in [6.07, 6.45) is 0. The molecule has 0 spiro atoms. The summed E-state index contributed by atoms with van der Waals surface area (Å²) in [6.45, 7) is 3.54. The van der Waals surface area contributed by atoms with Crippen molar-refractivity contribution in [3.05, 3.63) is 68.3 Å². The number of fused-ring (bicyclic) bond motifs is 1. The quantitative estimate of drug-likeness (QED) is 0.741. The fourth-order valence-corrected chi connectivity index (χ4v) is 2.85. The SMILES string of the molecule is Cc1nc(NC(C)c2cc3cc(Cl)cc(F)c3[nH]c2=O)ccc1C#N. The number of aryl methyl sites for hydroxylation is 1. The fraction of sp³-hybridized carbons (Fsp3) is 0.167. The Hall–Kier alpha value is -2.91. The topological polar surface area (TPSA) is 81.6 Å². The molecule has 1 unspecified atom stereocenters. The molecule has 0 aliphatic rings. The Morgan fingerprint density at radius 2 is 2.12 bits per heavy atom. The van der Waals surface area contributed by atoms with Crippen LogP contribution < -0.4 is 10.9 Å². The van der Waals surface area contributed by atoms with Crippen LogP contribution in [0.2, 0.25) is 5.02 Å². The molecule has 0 saturated carbocycles. The number of nitrogens with zero attached hydrogens (tertiary/aromatic N) is 2. The number of hydrogen-bond acceptors (Lipinski definition) is 4. The molecule has 2 aromatic heterocycles. The van der Waals surface area contributed by atoms with Crippen molar-refractivity contribution >= 4 is 28.3 Å². The Kier molecular flexibility index (Phi) is 4.43. The molecule has 0 fully saturated rings. The summed E-state index contributed by atoms with van der Waals surface area (Å²) < 4.78 is 13.9. The lowest BCUT2D eigenvalue weighted by Gasteiger charge is -2.15. The summed E-state index contributed by atoms with van der Waals surface area (Å²) >= 11 is 5.89. The molecule has 0 radical (unpaired) electrons. The molecule has 2 heterocycles. The lowest BCUT2D eigenvalue weighted by molar-refractivity contribution is 0.636. The van der Waals surface area contributed by atoms with Crippen LogP contribution in [0.15, 0.2) is 35.1 Å². The third-order valence-corrected chi connectivity index (χ3v) is 4.15. The van der Waals surface area contributed by atoms with E-state index < -0.39 is 5.82 Å². The zero-order valence-corrected chi connectivity index (χ0v) is 14.3. The first kappa shape index (κ1) is 16.9. The van der Waals surface area contributed by atoms with Gasteiger partial charge in [0.05, 0.1) is 22.8 Å². The van der Waals surface area contributed by atoms with Crippen LogP contribution in [0.5, 0.6) is 0 Å². The Labute approximate surface area is 148 Å². The summed E-state index contributed by atoms with van der Waals surface area (Å²) in [6, 6.07) is 9.37. The molecular weight excluding hydrogens is 343 g/mol. The lowest BCUT2D eigenvalue weighted by atomic mass is 10.1. The highest BCUT2D eigenvalue weighted by Gasteiger charge is 2.14. The highest BCUT2D eigenvalue weighted by atomic mass is 35.5. The van der Waals surface area contributed by atoms with Crippen LogP contribution >= 0.6 is 11.6 Å². The molecule has 0 aliphatic carbocycles. The average Bonchev–Trinajstić information content (AvgIpc) is 2.55. The predicted molar refractivity (Wildman–Crippen MR) is 95.3 cm³/mol. The summed E-state index contributed by atoms with van der Waals surface area (Å²) in [4.78, 5) is 19.2. The van der Waals surface area contributed by atoms with E-state index in [0.717, 1.165) is 6.07 Å². The van der Waals surface area contributed by atoms with Crippen LogP contribution in [0.4, 0.5) is 10.2 Å². The Bertz CT molecular complexity index is 1070. The van der Waals surface area contributed by atoms with E-state index in [2.05, 4.69) is 21.4 Å². The molecule has 126 valence electrons. The number of hydrogen-bond donors (Lipinski definition) is 2.